The van der Waals surface area contributed by atoms with Crippen molar-refractivity contribution in [1.29, 1.82) is 0 Å². The normalized spacial score (nSPS) is 20.8. The number of pyridine rings is 1. The molecule has 0 radical (unpaired) electrons. The van der Waals surface area contributed by atoms with Crippen molar-refractivity contribution in [1.82, 2.24) is 34.2 Å². The van der Waals surface area contributed by atoms with Crippen molar-refractivity contribution in [2.75, 3.05) is 45.8 Å². The van der Waals surface area contributed by atoms with Gasteiger partial charge in [-0.2, -0.15) is 4.98 Å². The molecule has 4 aromatic rings. The lowest BCUT2D eigenvalue weighted by Crippen LogP contribution is -2.57. The summed E-state index contributed by atoms with van der Waals surface area (Å²) in [6.45, 7) is 2.33. The highest BCUT2D eigenvalue weighted by molar-refractivity contribution is 5.93. The van der Waals surface area contributed by atoms with Crippen LogP contribution < -0.4 is 15.4 Å². The second-order valence-corrected chi connectivity index (χ2v) is 9.20. The number of hydrogen-bond donors (Lipinski definition) is 2. The summed E-state index contributed by atoms with van der Waals surface area (Å²) in [4.78, 5) is 23.0. The Balaban J connectivity index is 1.33. The van der Waals surface area contributed by atoms with Crippen molar-refractivity contribution in [3.63, 3.8) is 0 Å². The van der Waals surface area contributed by atoms with Crippen LogP contribution in [0.25, 0.3) is 22.3 Å². The molecule has 2 fully saturated rings. The van der Waals surface area contributed by atoms with Crippen LogP contribution in [0.2, 0.25) is 0 Å². The molecule has 2 saturated heterocycles. The predicted molar refractivity (Wildman–Crippen MR) is 130 cm³/mol. The molecule has 194 valence electrons. The molecular weight excluding hydrogens is 486 g/mol. The van der Waals surface area contributed by atoms with Crippen LogP contribution in [0.1, 0.15) is 16.9 Å². The summed E-state index contributed by atoms with van der Waals surface area (Å²) in [6, 6.07) is 3.19. The minimum atomic E-state index is -1.12. The average molecular weight is 513 g/mol. The summed E-state index contributed by atoms with van der Waals surface area (Å²) in [7, 11) is 2.96. The summed E-state index contributed by atoms with van der Waals surface area (Å²) in [5.41, 5.74) is 1.85. The molecular formula is C24H26F2N8O3. The fourth-order valence-corrected chi connectivity index (χ4v) is 4.95. The van der Waals surface area contributed by atoms with Gasteiger partial charge in [0, 0.05) is 31.9 Å². The molecule has 0 spiro atoms. The lowest BCUT2D eigenvalue weighted by atomic mass is 10.0. The van der Waals surface area contributed by atoms with E-state index in [9.17, 15) is 9.18 Å². The first-order chi connectivity index (χ1) is 18.0. The van der Waals surface area contributed by atoms with E-state index in [0.29, 0.717) is 48.6 Å². The number of aromatic nitrogens is 5. The molecule has 6 rings (SSSR count). The maximum atomic E-state index is 15.3. The Bertz CT molecular complexity index is 1480. The highest BCUT2D eigenvalue weighted by Gasteiger charge is 2.36. The van der Waals surface area contributed by atoms with Crippen molar-refractivity contribution in [3.05, 3.63) is 42.2 Å². The van der Waals surface area contributed by atoms with Crippen LogP contribution in [0, 0.1) is 5.82 Å². The number of rotatable bonds is 6. The molecule has 2 aliphatic rings. The van der Waals surface area contributed by atoms with Crippen LogP contribution in [0.5, 0.6) is 5.88 Å². The van der Waals surface area contributed by atoms with E-state index < -0.39 is 18.0 Å². The van der Waals surface area contributed by atoms with Gasteiger partial charge in [-0.1, -0.05) is 0 Å². The molecule has 2 aliphatic heterocycles. The van der Waals surface area contributed by atoms with E-state index in [4.69, 9.17) is 9.47 Å². The van der Waals surface area contributed by atoms with Gasteiger partial charge in [-0.25, -0.2) is 18.3 Å². The molecule has 2 N–H and O–H groups in total. The van der Waals surface area contributed by atoms with E-state index in [2.05, 4.69) is 30.6 Å². The summed E-state index contributed by atoms with van der Waals surface area (Å²) in [5, 5.41) is 10.0. The van der Waals surface area contributed by atoms with E-state index in [1.807, 2.05) is 0 Å². The van der Waals surface area contributed by atoms with Gasteiger partial charge in [-0.05, 0) is 18.6 Å². The summed E-state index contributed by atoms with van der Waals surface area (Å²) >= 11 is 0. The third-order valence-corrected chi connectivity index (χ3v) is 7.02. The summed E-state index contributed by atoms with van der Waals surface area (Å²) in [6.07, 6.45) is 3.77. The zero-order chi connectivity index (χ0) is 25.7. The molecule has 0 bridgehead atoms. The number of amides is 1. The van der Waals surface area contributed by atoms with E-state index in [1.54, 1.807) is 22.7 Å². The maximum Gasteiger partial charge on any atom is 0.269 e. The van der Waals surface area contributed by atoms with Gasteiger partial charge in [0.2, 0.25) is 11.8 Å². The third kappa shape index (κ3) is 4.03. The fraction of sp³-hybridized carbons (Fsp3) is 0.417. The lowest BCUT2D eigenvalue weighted by Gasteiger charge is -2.42. The molecule has 6 heterocycles. The Labute approximate surface area is 210 Å². The van der Waals surface area contributed by atoms with Crippen molar-refractivity contribution >= 4 is 23.0 Å². The van der Waals surface area contributed by atoms with E-state index in [-0.39, 0.29) is 29.3 Å². The van der Waals surface area contributed by atoms with Crippen LogP contribution in [0.3, 0.4) is 0 Å². The number of methoxy groups -OCH3 is 1. The first-order valence-electron chi connectivity index (χ1n) is 12.0. The lowest BCUT2D eigenvalue weighted by molar-refractivity contribution is -0.0794. The van der Waals surface area contributed by atoms with Crippen molar-refractivity contribution in [2.24, 2.45) is 0 Å². The molecule has 0 aliphatic carbocycles. The topological polar surface area (TPSA) is 110 Å². The Morgan fingerprint density at radius 3 is 2.81 bits per heavy atom. The van der Waals surface area contributed by atoms with Gasteiger partial charge in [0.25, 0.3) is 5.91 Å². The number of likely N-dealkylation sites (tertiary alicyclic amines) is 1. The Hall–Kier alpha value is -3.84. The third-order valence-electron chi connectivity index (χ3n) is 7.02. The summed E-state index contributed by atoms with van der Waals surface area (Å²) in [5.74, 6) is -0.592. The minimum absolute atomic E-state index is 0.133. The fourth-order valence-electron chi connectivity index (χ4n) is 4.95. The highest BCUT2D eigenvalue weighted by atomic mass is 19.1. The first-order valence-corrected chi connectivity index (χ1v) is 12.0. The number of nitrogens with one attached hydrogen (secondary N) is 2. The average Bonchev–Trinajstić information content (AvgIpc) is 3.43. The molecule has 37 heavy (non-hydrogen) atoms. The van der Waals surface area contributed by atoms with Crippen LogP contribution in [0.15, 0.2) is 30.7 Å². The number of fused-ring (bicyclic) bond motifs is 2. The number of piperidine rings is 1. The molecule has 0 unspecified atom stereocenters. The monoisotopic (exact) mass is 512 g/mol. The summed E-state index contributed by atoms with van der Waals surface area (Å²) < 4.78 is 44.0. The van der Waals surface area contributed by atoms with Gasteiger partial charge >= 0.3 is 0 Å². The Kier molecular flexibility index (Phi) is 5.88. The van der Waals surface area contributed by atoms with Gasteiger partial charge in [0.15, 0.2) is 5.82 Å². The quantitative estimate of drug-likeness (QED) is 0.402. The van der Waals surface area contributed by atoms with E-state index in [0.717, 1.165) is 6.54 Å². The van der Waals surface area contributed by atoms with Crippen molar-refractivity contribution in [2.45, 2.75) is 24.7 Å². The number of hydrogen-bond acceptors (Lipinski definition) is 8. The maximum absolute atomic E-state index is 15.3. The SMILES string of the molecule is CNC(=O)c1cnc2ccc(-c3c(F)cn4nc(N[C@H]5CCN(C6COC6)C[C@H]5F)nc(OC)c34)cn12. The highest BCUT2D eigenvalue weighted by Crippen LogP contribution is 2.34. The number of nitrogens with zero attached hydrogens (tertiary/aromatic N) is 6. The van der Waals surface area contributed by atoms with Crippen LogP contribution >= 0.6 is 0 Å². The number of imidazole rings is 1. The second kappa shape index (κ2) is 9.23. The molecule has 4 aromatic heterocycles. The Morgan fingerprint density at radius 2 is 2.11 bits per heavy atom. The first kappa shape index (κ1) is 23.6. The second-order valence-electron chi connectivity index (χ2n) is 9.20. The minimum Gasteiger partial charge on any atom is -0.479 e. The molecule has 1 amide bonds. The smallest absolute Gasteiger partial charge is 0.269 e. The Morgan fingerprint density at radius 1 is 1.27 bits per heavy atom. The number of carbonyl (C=O) groups is 1. The van der Waals surface area contributed by atoms with Crippen molar-refractivity contribution in [3.8, 4) is 17.0 Å². The van der Waals surface area contributed by atoms with Crippen LogP contribution in [-0.2, 0) is 4.74 Å². The zero-order valence-electron chi connectivity index (χ0n) is 20.3. The molecule has 11 nitrogen and oxygen atoms in total. The molecule has 0 aromatic carbocycles. The van der Waals surface area contributed by atoms with E-state index >= 15 is 4.39 Å². The van der Waals surface area contributed by atoms with Gasteiger partial charge in [-0.15, -0.1) is 5.10 Å². The number of ether oxygens (including phenoxy) is 2. The van der Waals surface area contributed by atoms with Crippen LogP contribution in [0.4, 0.5) is 14.7 Å². The molecule has 13 heteroatoms. The predicted octanol–water partition coefficient (Wildman–Crippen LogP) is 1.77. The molecule has 0 saturated carbocycles. The number of anilines is 1. The number of halogens is 2. The van der Waals surface area contributed by atoms with Gasteiger partial charge in [0.1, 0.15) is 23.0 Å². The van der Waals surface area contributed by atoms with E-state index in [1.165, 1.54) is 31.1 Å². The standard InChI is InChI=1S/C24H26F2N8O3/c1-27-22(35)18-7-28-19-4-3-13(8-33(18)19)20-16(26)10-34-21(20)23(36-2)30-24(31-34)29-17-5-6-32(9-15(17)25)14-11-37-12-14/h3-4,7-8,10,14-15,17H,5-6,9,11-12H2,1-2H3,(H,27,35)(H,29,31)/t15-,17+/m1/s1. The largest absolute Gasteiger partial charge is 0.479 e. The van der Waals surface area contributed by atoms with Gasteiger partial charge in [0.05, 0.1) is 50.4 Å². The zero-order valence-corrected chi connectivity index (χ0v) is 20.3. The van der Waals surface area contributed by atoms with Gasteiger partial charge < -0.3 is 20.1 Å². The number of carbonyl (C=O) groups excluding carboxylic acids is 1. The number of alkyl halides is 1. The van der Waals surface area contributed by atoms with Gasteiger partial charge in [-0.3, -0.25) is 14.1 Å². The molecule has 2 atom stereocenters. The van der Waals surface area contributed by atoms with Crippen molar-refractivity contribution < 1.29 is 23.0 Å². The van der Waals surface area contributed by atoms with Crippen LogP contribution in [-0.4, -0.2) is 93.5 Å².